The first-order chi connectivity index (χ1) is 16.9. The quantitative estimate of drug-likeness (QED) is 0.245. The Morgan fingerprint density at radius 3 is 2.43 bits per heavy atom. The number of aromatic nitrogens is 2. The van der Waals surface area contributed by atoms with Crippen LogP contribution in [0.5, 0.6) is 0 Å². The Morgan fingerprint density at radius 2 is 1.66 bits per heavy atom. The normalized spacial score (nSPS) is 11.5. The number of benzene rings is 3. The first kappa shape index (κ1) is 24.9. The number of nitrogens with zero attached hydrogens (tertiary/aromatic N) is 2. The molecule has 178 valence electrons. The molecule has 0 bridgehead atoms. The number of anilines is 2. The minimum Gasteiger partial charge on any atom is -0.326 e. The van der Waals surface area contributed by atoms with E-state index in [9.17, 15) is 9.59 Å². The Labute approximate surface area is 220 Å². The van der Waals surface area contributed by atoms with Gasteiger partial charge in [-0.3, -0.25) is 10.1 Å². The molecule has 1 unspecified atom stereocenters. The average Bonchev–Trinajstić information content (AvgIpc) is 3.31. The lowest BCUT2D eigenvalue weighted by Crippen LogP contribution is -2.47. The van der Waals surface area contributed by atoms with E-state index in [-0.39, 0.29) is 11.4 Å². The molecule has 3 aromatic carbocycles. The van der Waals surface area contributed by atoms with Gasteiger partial charge in [-0.2, -0.15) is 0 Å². The maximum Gasteiger partial charge on any atom is 0.319 e. The van der Waals surface area contributed by atoms with Gasteiger partial charge in [0.25, 0.3) is 0 Å². The lowest BCUT2D eigenvalue weighted by atomic mass is 10.1. The average molecular weight is 547 g/mol. The van der Waals surface area contributed by atoms with Crippen molar-refractivity contribution in [3.05, 3.63) is 93.4 Å². The minimum absolute atomic E-state index is 0.204. The number of rotatable bonds is 7. The molecule has 1 aromatic heterocycles. The van der Waals surface area contributed by atoms with Gasteiger partial charge in [-0.25, -0.2) is 4.79 Å². The van der Waals surface area contributed by atoms with E-state index >= 15 is 0 Å². The van der Waals surface area contributed by atoms with Gasteiger partial charge >= 0.3 is 6.03 Å². The van der Waals surface area contributed by atoms with E-state index in [1.807, 2.05) is 42.5 Å². The largest absolute Gasteiger partial charge is 0.326 e. The van der Waals surface area contributed by atoms with Crippen LogP contribution in [0.1, 0.15) is 5.56 Å². The third-order valence-corrected chi connectivity index (χ3v) is 6.77. The van der Waals surface area contributed by atoms with Gasteiger partial charge in [-0.15, -0.1) is 10.2 Å². The van der Waals surface area contributed by atoms with Crippen LogP contribution in [0.2, 0.25) is 15.1 Å². The second-order valence-electron chi connectivity index (χ2n) is 7.35. The zero-order chi connectivity index (χ0) is 24.8. The summed E-state index contributed by atoms with van der Waals surface area (Å²) in [6.45, 7) is 0. The van der Waals surface area contributed by atoms with Crippen LogP contribution in [0.15, 0.2) is 72.8 Å². The summed E-state index contributed by atoms with van der Waals surface area (Å²) in [6, 6.07) is 19.9. The molecule has 11 heteroatoms. The van der Waals surface area contributed by atoms with Crippen LogP contribution in [-0.4, -0.2) is 28.2 Å². The summed E-state index contributed by atoms with van der Waals surface area (Å²) in [5.74, 6) is -0.449. The summed E-state index contributed by atoms with van der Waals surface area (Å²) in [5.41, 5.74) is 1.98. The van der Waals surface area contributed by atoms with Crippen molar-refractivity contribution in [2.45, 2.75) is 12.5 Å². The monoisotopic (exact) mass is 545 g/mol. The maximum atomic E-state index is 13.1. The molecule has 1 heterocycles. The first-order valence-electron chi connectivity index (χ1n) is 10.3. The Bertz CT molecular complexity index is 1350. The highest BCUT2D eigenvalue weighted by atomic mass is 35.5. The van der Waals surface area contributed by atoms with Crippen molar-refractivity contribution in [2.24, 2.45) is 0 Å². The second kappa shape index (κ2) is 11.5. The number of carbonyl (C=O) groups excluding carboxylic acids is 2. The maximum absolute atomic E-state index is 13.1. The van der Waals surface area contributed by atoms with Gasteiger partial charge in [0.15, 0.2) is 0 Å². The molecule has 4 aromatic rings. The van der Waals surface area contributed by atoms with Crippen molar-refractivity contribution in [2.75, 3.05) is 10.6 Å². The fourth-order valence-corrected chi connectivity index (χ4v) is 4.46. The smallest absolute Gasteiger partial charge is 0.319 e. The van der Waals surface area contributed by atoms with Crippen LogP contribution in [-0.2, 0) is 11.2 Å². The van der Waals surface area contributed by atoms with Gasteiger partial charge in [0, 0.05) is 17.0 Å². The van der Waals surface area contributed by atoms with Crippen molar-refractivity contribution >= 4 is 68.9 Å². The van der Waals surface area contributed by atoms with Crippen molar-refractivity contribution in [1.29, 1.82) is 0 Å². The zero-order valence-corrected chi connectivity index (χ0v) is 21.1. The Kier molecular flexibility index (Phi) is 8.20. The minimum atomic E-state index is -0.908. The number of urea groups is 1. The molecule has 0 aliphatic carbocycles. The molecule has 0 radical (unpaired) electrons. The van der Waals surface area contributed by atoms with Gasteiger partial charge in [0.05, 0.1) is 15.7 Å². The number of carbonyl (C=O) groups is 2. The highest BCUT2D eigenvalue weighted by molar-refractivity contribution is 7.18. The predicted octanol–water partition coefficient (Wildman–Crippen LogP) is 6.54. The highest BCUT2D eigenvalue weighted by Gasteiger charge is 2.23. The Morgan fingerprint density at radius 1 is 0.886 bits per heavy atom. The number of hydrogen-bond donors (Lipinski definition) is 3. The van der Waals surface area contributed by atoms with Crippen LogP contribution in [0, 0.1) is 0 Å². The van der Waals surface area contributed by atoms with Crippen LogP contribution in [0.3, 0.4) is 0 Å². The third-order valence-electron chi connectivity index (χ3n) is 4.83. The van der Waals surface area contributed by atoms with E-state index in [2.05, 4.69) is 26.1 Å². The third kappa shape index (κ3) is 6.70. The topological polar surface area (TPSA) is 96.0 Å². The van der Waals surface area contributed by atoms with Gasteiger partial charge in [-0.05, 0) is 29.8 Å². The standard InChI is InChI=1S/C24H18Cl3N5O2S/c25-16-9-4-8-15(13-16)22-31-32-24(35-22)30-21(33)19(12-14-6-2-1-3-7-14)29-23(34)28-18-11-5-10-17(26)20(18)27/h1-11,13,19H,12H2,(H2,28,29,34)(H,30,32,33). The molecule has 1 atom stereocenters. The molecular weight excluding hydrogens is 529 g/mol. The Balaban J connectivity index is 1.49. The van der Waals surface area contributed by atoms with E-state index < -0.39 is 18.0 Å². The molecule has 4 rings (SSSR count). The van der Waals surface area contributed by atoms with Gasteiger partial charge in [0.1, 0.15) is 11.0 Å². The van der Waals surface area contributed by atoms with Gasteiger partial charge in [-0.1, -0.05) is 94.7 Å². The molecule has 0 aliphatic rings. The molecule has 3 amide bonds. The Hall–Kier alpha value is -3.17. The van der Waals surface area contributed by atoms with Gasteiger partial charge in [0.2, 0.25) is 11.0 Å². The molecule has 7 nitrogen and oxygen atoms in total. The summed E-state index contributed by atoms with van der Waals surface area (Å²) in [7, 11) is 0. The summed E-state index contributed by atoms with van der Waals surface area (Å²) in [5, 5.41) is 18.2. The van der Waals surface area contributed by atoms with E-state index in [1.165, 1.54) is 11.3 Å². The van der Waals surface area contributed by atoms with Crippen LogP contribution < -0.4 is 16.0 Å². The summed E-state index contributed by atoms with van der Waals surface area (Å²) >= 11 is 19.4. The molecule has 0 saturated carbocycles. The SMILES string of the molecule is O=C(Nc1cccc(Cl)c1Cl)NC(Cc1ccccc1)C(=O)Nc1nnc(-c2cccc(Cl)c2)s1. The molecule has 0 aliphatic heterocycles. The molecule has 0 saturated heterocycles. The van der Waals surface area contributed by atoms with Crippen molar-refractivity contribution in [3.8, 4) is 10.6 Å². The molecule has 35 heavy (non-hydrogen) atoms. The number of nitrogens with one attached hydrogen (secondary N) is 3. The van der Waals surface area contributed by atoms with E-state index in [1.54, 1.807) is 30.3 Å². The van der Waals surface area contributed by atoms with Crippen LogP contribution >= 0.6 is 46.1 Å². The number of amides is 3. The second-order valence-corrected chi connectivity index (χ2v) is 9.55. The molecule has 0 fully saturated rings. The zero-order valence-electron chi connectivity index (χ0n) is 18.0. The predicted molar refractivity (Wildman–Crippen MR) is 142 cm³/mol. The van der Waals surface area contributed by atoms with Crippen molar-refractivity contribution < 1.29 is 9.59 Å². The van der Waals surface area contributed by atoms with Gasteiger partial charge < -0.3 is 10.6 Å². The number of hydrogen-bond acceptors (Lipinski definition) is 5. The van der Waals surface area contributed by atoms with Crippen molar-refractivity contribution in [1.82, 2.24) is 15.5 Å². The van der Waals surface area contributed by atoms with E-state index in [4.69, 9.17) is 34.8 Å². The van der Waals surface area contributed by atoms with E-state index in [0.29, 0.717) is 25.9 Å². The molecule has 0 spiro atoms. The summed E-state index contributed by atoms with van der Waals surface area (Å²) < 4.78 is 0. The fraction of sp³-hybridized carbons (Fsp3) is 0.0833. The van der Waals surface area contributed by atoms with E-state index in [0.717, 1.165) is 11.1 Å². The molecule has 3 N–H and O–H groups in total. The summed E-state index contributed by atoms with van der Waals surface area (Å²) in [6.07, 6.45) is 0.253. The van der Waals surface area contributed by atoms with Crippen LogP contribution in [0.25, 0.3) is 10.6 Å². The fourth-order valence-electron chi connectivity index (χ4n) is 3.18. The lowest BCUT2D eigenvalue weighted by molar-refractivity contribution is -0.117. The highest BCUT2D eigenvalue weighted by Crippen LogP contribution is 2.30. The lowest BCUT2D eigenvalue weighted by Gasteiger charge is -2.18. The molecular formula is C24H18Cl3N5O2S. The van der Waals surface area contributed by atoms with Crippen molar-refractivity contribution in [3.63, 3.8) is 0 Å². The first-order valence-corrected chi connectivity index (χ1v) is 12.3. The number of halogens is 3. The summed E-state index contributed by atoms with van der Waals surface area (Å²) in [4.78, 5) is 25.9. The van der Waals surface area contributed by atoms with Crippen LogP contribution in [0.4, 0.5) is 15.6 Å².